The molecule has 2 heterocycles. The first-order valence-electron chi connectivity index (χ1n) is 17.9. The van der Waals surface area contributed by atoms with Crippen LogP contribution in [0.25, 0.3) is 22.3 Å². The minimum atomic E-state index is -0.482. The predicted octanol–water partition coefficient (Wildman–Crippen LogP) is 12.3. The van der Waals surface area contributed by atoms with Crippen LogP contribution in [0, 0.1) is 0 Å². The number of nitrogens with zero attached hydrogens (tertiary/aromatic N) is 1. The van der Waals surface area contributed by atoms with Crippen LogP contribution in [0.1, 0.15) is 43.1 Å². The summed E-state index contributed by atoms with van der Waals surface area (Å²) in [5.74, 6) is 1.66. The van der Waals surface area contributed by atoms with E-state index >= 15 is 0 Å². The van der Waals surface area contributed by atoms with Crippen molar-refractivity contribution >= 4 is 39.0 Å². The van der Waals surface area contributed by atoms with Crippen molar-refractivity contribution in [3.63, 3.8) is 0 Å². The van der Waals surface area contributed by atoms with Crippen molar-refractivity contribution in [3.05, 3.63) is 206 Å². The van der Waals surface area contributed by atoms with Crippen molar-refractivity contribution in [2.24, 2.45) is 0 Å². The zero-order chi connectivity index (χ0) is 35.3. The molecule has 0 amide bonds. The lowest BCUT2D eigenvalue weighted by atomic mass is 9.58. The Morgan fingerprint density at radius 2 is 0.849 bits per heavy atom. The molecule has 0 saturated heterocycles. The molecule has 5 heteroatoms. The average Bonchev–Trinajstić information content (AvgIpc) is 4.01. The van der Waals surface area contributed by atoms with Gasteiger partial charge in [-0.1, -0.05) is 97.1 Å². The highest BCUT2D eigenvalue weighted by Gasteiger charge is 2.61. The lowest BCUT2D eigenvalue weighted by Crippen LogP contribution is -2.41. The maximum atomic E-state index is 5.61. The van der Waals surface area contributed by atoms with Gasteiger partial charge in [-0.2, -0.15) is 0 Å². The Morgan fingerprint density at radius 3 is 1.28 bits per heavy atom. The fourth-order valence-electron chi connectivity index (χ4n) is 9.59. The van der Waals surface area contributed by atoms with Gasteiger partial charge in [0.15, 0.2) is 0 Å². The van der Waals surface area contributed by atoms with Crippen molar-refractivity contribution in [1.29, 1.82) is 0 Å². The molecule has 2 spiro atoms. The fourth-order valence-corrected chi connectivity index (χ4v) is 12.3. The molecule has 11 rings (SSSR count). The van der Waals surface area contributed by atoms with E-state index < -0.39 is 10.8 Å². The van der Waals surface area contributed by atoms with E-state index in [-0.39, 0.29) is 0 Å². The van der Waals surface area contributed by atoms with Gasteiger partial charge in [0.1, 0.15) is 16.5 Å². The Balaban J connectivity index is 1.29. The summed E-state index contributed by atoms with van der Waals surface area (Å²) in [5.41, 5.74) is 14.5. The lowest BCUT2D eigenvalue weighted by molar-refractivity contribution is 0.415. The van der Waals surface area contributed by atoms with Gasteiger partial charge in [0.25, 0.3) is 0 Å². The standard InChI is InChI=1S/C48H33NO2S2/c1-50-32-23-19-30(20-24-32)49(31-21-25-33(51-2)26-22-31)44-29-43-46(53-44)47(38-15-7-3-11-34(38)35-12-4-8-16-39(35)47)42-27-28-52-45(42)48(43)40-17-9-5-13-36(40)37-14-6-10-18-41(37)48/h3-29H,1-2H3. The molecule has 0 unspecified atom stereocenters. The molecule has 3 aliphatic rings. The zero-order valence-corrected chi connectivity index (χ0v) is 30.8. The van der Waals surface area contributed by atoms with Gasteiger partial charge >= 0.3 is 0 Å². The first-order chi connectivity index (χ1) is 26.2. The normalized spacial score (nSPS) is 14.5. The average molecular weight is 720 g/mol. The lowest BCUT2D eigenvalue weighted by Gasteiger charge is -2.45. The van der Waals surface area contributed by atoms with Crippen LogP contribution in [-0.2, 0) is 10.8 Å². The van der Waals surface area contributed by atoms with Gasteiger partial charge in [0.05, 0.1) is 25.0 Å². The first-order valence-corrected chi connectivity index (χ1v) is 19.6. The van der Waals surface area contributed by atoms with Crippen LogP contribution in [0.3, 0.4) is 0 Å². The van der Waals surface area contributed by atoms with Gasteiger partial charge in [-0.05, 0) is 122 Å². The zero-order valence-electron chi connectivity index (χ0n) is 29.2. The molecule has 0 radical (unpaired) electrons. The van der Waals surface area contributed by atoms with Crippen LogP contribution in [0.2, 0.25) is 0 Å². The molecule has 3 aliphatic carbocycles. The predicted molar refractivity (Wildman–Crippen MR) is 218 cm³/mol. The maximum Gasteiger partial charge on any atom is 0.119 e. The van der Waals surface area contributed by atoms with E-state index in [1.54, 1.807) is 14.2 Å². The summed E-state index contributed by atoms with van der Waals surface area (Å²) in [7, 11) is 3.44. The van der Waals surface area contributed by atoms with E-state index in [1.807, 2.05) is 46.9 Å². The van der Waals surface area contributed by atoms with Crippen molar-refractivity contribution in [3.8, 4) is 33.8 Å². The number of hydrogen-bond acceptors (Lipinski definition) is 5. The molecule has 6 aromatic carbocycles. The second-order valence-corrected chi connectivity index (χ2v) is 15.9. The Bertz CT molecular complexity index is 2450. The van der Waals surface area contributed by atoms with Gasteiger partial charge in [-0.25, -0.2) is 0 Å². The Labute approximate surface area is 317 Å². The van der Waals surface area contributed by atoms with Crippen LogP contribution in [0.5, 0.6) is 11.5 Å². The molecule has 3 nitrogen and oxygen atoms in total. The van der Waals surface area contributed by atoms with Crippen LogP contribution in [0.4, 0.5) is 16.4 Å². The molecule has 2 aromatic heterocycles. The summed E-state index contributed by atoms with van der Waals surface area (Å²) in [6, 6.07) is 58.2. The molecule has 0 bridgehead atoms. The van der Waals surface area contributed by atoms with Gasteiger partial charge < -0.3 is 14.4 Å². The van der Waals surface area contributed by atoms with Crippen LogP contribution < -0.4 is 14.4 Å². The number of hydrogen-bond donors (Lipinski definition) is 0. The maximum absolute atomic E-state index is 5.61. The molecule has 0 N–H and O–H groups in total. The van der Waals surface area contributed by atoms with Crippen LogP contribution >= 0.6 is 22.7 Å². The smallest absolute Gasteiger partial charge is 0.119 e. The number of fused-ring (bicyclic) bond motifs is 16. The minimum Gasteiger partial charge on any atom is -0.497 e. The van der Waals surface area contributed by atoms with Gasteiger partial charge in [0, 0.05) is 21.1 Å². The largest absolute Gasteiger partial charge is 0.497 e. The minimum absolute atomic E-state index is 0.482. The molecule has 8 aromatic rings. The highest BCUT2D eigenvalue weighted by Crippen LogP contribution is 2.70. The number of ether oxygens (including phenoxy) is 2. The molecule has 53 heavy (non-hydrogen) atoms. The van der Waals surface area contributed by atoms with E-state index in [4.69, 9.17) is 9.47 Å². The summed E-state index contributed by atoms with van der Waals surface area (Å²) >= 11 is 3.83. The van der Waals surface area contributed by atoms with E-state index in [0.717, 1.165) is 27.9 Å². The quantitative estimate of drug-likeness (QED) is 0.177. The van der Waals surface area contributed by atoms with E-state index in [9.17, 15) is 0 Å². The molecule has 0 saturated carbocycles. The Hall–Kier alpha value is -5.88. The molecule has 0 fully saturated rings. The number of anilines is 3. The SMILES string of the molecule is COc1ccc(N(c2ccc(OC)cc2)c2cc3c(s2)C2(c4ccccc4-c4ccccc42)c2ccsc2C32c3ccccc3-c3ccccc32)cc1. The summed E-state index contributed by atoms with van der Waals surface area (Å²) in [6.45, 7) is 0. The first kappa shape index (κ1) is 30.7. The molecule has 254 valence electrons. The number of rotatable bonds is 5. The Morgan fingerprint density at radius 1 is 0.434 bits per heavy atom. The second kappa shape index (κ2) is 11.3. The third-order valence-electron chi connectivity index (χ3n) is 11.7. The van der Waals surface area contributed by atoms with Crippen LogP contribution in [0.15, 0.2) is 163 Å². The summed E-state index contributed by atoms with van der Waals surface area (Å²) < 4.78 is 11.2. The summed E-state index contributed by atoms with van der Waals surface area (Å²) in [6.07, 6.45) is 0. The highest BCUT2D eigenvalue weighted by atomic mass is 32.1. The van der Waals surface area contributed by atoms with E-state index in [2.05, 4.69) is 144 Å². The molecule has 0 atom stereocenters. The molecule has 0 aliphatic heterocycles. The number of thiophene rings is 2. The Kier molecular flexibility index (Phi) is 6.55. The van der Waals surface area contributed by atoms with E-state index in [0.29, 0.717) is 0 Å². The summed E-state index contributed by atoms with van der Waals surface area (Å²) in [4.78, 5) is 5.17. The molecular formula is C48H33NO2S2. The topological polar surface area (TPSA) is 21.7 Å². The van der Waals surface area contributed by atoms with Crippen LogP contribution in [-0.4, -0.2) is 14.2 Å². The monoisotopic (exact) mass is 719 g/mol. The van der Waals surface area contributed by atoms with Gasteiger partial charge in [-0.15, -0.1) is 22.7 Å². The fraction of sp³-hybridized carbons (Fsp3) is 0.0833. The third-order valence-corrected chi connectivity index (χ3v) is 13.9. The summed E-state index contributed by atoms with van der Waals surface area (Å²) in [5, 5.41) is 3.49. The van der Waals surface area contributed by atoms with Crippen molar-refractivity contribution < 1.29 is 9.47 Å². The van der Waals surface area contributed by atoms with Crippen molar-refractivity contribution in [2.75, 3.05) is 19.1 Å². The van der Waals surface area contributed by atoms with Gasteiger partial charge in [-0.3, -0.25) is 0 Å². The number of methoxy groups -OCH3 is 2. The van der Waals surface area contributed by atoms with E-state index in [1.165, 1.54) is 65.4 Å². The third kappa shape index (κ3) is 3.88. The number of benzene rings is 6. The van der Waals surface area contributed by atoms with Gasteiger partial charge in [0.2, 0.25) is 0 Å². The molecular weight excluding hydrogens is 687 g/mol. The highest BCUT2D eigenvalue weighted by molar-refractivity contribution is 7.17. The van der Waals surface area contributed by atoms with Crippen molar-refractivity contribution in [2.45, 2.75) is 10.8 Å². The van der Waals surface area contributed by atoms with Crippen molar-refractivity contribution in [1.82, 2.24) is 0 Å². The second-order valence-electron chi connectivity index (χ2n) is 13.9.